The van der Waals surface area contributed by atoms with Gasteiger partial charge in [0, 0.05) is 5.92 Å². The molecule has 69 valence electrons. The summed E-state index contributed by atoms with van der Waals surface area (Å²) in [6, 6.07) is 0. The molecule has 5 heteroatoms. The normalized spacial score (nSPS) is 19.4. The van der Waals surface area contributed by atoms with Crippen LogP contribution in [0.3, 0.4) is 0 Å². The van der Waals surface area contributed by atoms with Gasteiger partial charge >= 0.3 is 0 Å². The van der Waals surface area contributed by atoms with Crippen LogP contribution in [-0.4, -0.2) is 20.6 Å². The van der Waals surface area contributed by atoms with E-state index in [9.17, 15) is 13.2 Å². The molecule has 1 radical (unpaired) electrons. The number of hydrogen-bond acceptors (Lipinski definition) is 3. The van der Waals surface area contributed by atoms with Crippen molar-refractivity contribution in [1.29, 1.82) is 0 Å². The lowest BCUT2D eigenvalue weighted by atomic mass is 10.1. The second kappa shape index (κ2) is 3.43. The van der Waals surface area contributed by atoms with Crippen LogP contribution in [0.4, 0.5) is 0 Å². The number of sulfonamides is 1. The Labute approximate surface area is 72.4 Å². The van der Waals surface area contributed by atoms with E-state index in [0.717, 1.165) is 31.9 Å². The summed E-state index contributed by atoms with van der Waals surface area (Å²) < 4.78 is 24.3. The molecule has 1 aliphatic rings. The SMILES string of the molecule is CS(=O)(=O)[N]C(=O)C1CCCC1. The van der Waals surface area contributed by atoms with Crippen molar-refractivity contribution in [2.24, 2.45) is 5.92 Å². The van der Waals surface area contributed by atoms with Crippen LogP contribution in [0.15, 0.2) is 0 Å². The number of nitrogens with zero attached hydrogens (tertiary/aromatic N) is 1. The van der Waals surface area contributed by atoms with Crippen molar-refractivity contribution in [2.75, 3.05) is 6.26 Å². The summed E-state index contributed by atoms with van der Waals surface area (Å²) in [5, 5.41) is 0. The van der Waals surface area contributed by atoms with Gasteiger partial charge in [-0.2, -0.15) is 0 Å². The van der Waals surface area contributed by atoms with Gasteiger partial charge in [-0.15, -0.1) is 4.72 Å². The monoisotopic (exact) mass is 190 g/mol. The van der Waals surface area contributed by atoms with E-state index in [1.165, 1.54) is 0 Å². The number of hydrogen-bond donors (Lipinski definition) is 0. The van der Waals surface area contributed by atoms with E-state index in [4.69, 9.17) is 0 Å². The van der Waals surface area contributed by atoms with E-state index >= 15 is 0 Å². The Bertz CT molecular complexity index is 264. The van der Waals surface area contributed by atoms with Gasteiger partial charge in [0.25, 0.3) is 15.9 Å². The summed E-state index contributed by atoms with van der Waals surface area (Å²) in [7, 11) is -3.49. The van der Waals surface area contributed by atoms with Crippen molar-refractivity contribution >= 4 is 15.9 Å². The van der Waals surface area contributed by atoms with Gasteiger partial charge < -0.3 is 0 Å². The fourth-order valence-corrected chi connectivity index (χ4v) is 1.89. The van der Waals surface area contributed by atoms with Crippen LogP contribution in [0.2, 0.25) is 0 Å². The summed E-state index contributed by atoms with van der Waals surface area (Å²) in [5.74, 6) is -0.602. The number of carbonyl (C=O) groups excluding carboxylic acids is 1. The van der Waals surface area contributed by atoms with E-state index < -0.39 is 15.9 Å². The second-order valence-electron chi connectivity index (χ2n) is 3.14. The molecule has 12 heavy (non-hydrogen) atoms. The molecule has 0 bridgehead atoms. The molecule has 0 atom stereocenters. The second-order valence-corrected chi connectivity index (χ2v) is 4.79. The lowest BCUT2D eigenvalue weighted by Crippen LogP contribution is -2.27. The highest BCUT2D eigenvalue weighted by Crippen LogP contribution is 2.24. The van der Waals surface area contributed by atoms with Crippen molar-refractivity contribution < 1.29 is 13.2 Å². The Morgan fingerprint density at radius 3 is 2.25 bits per heavy atom. The molecule has 1 aliphatic carbocycles. The zero-order chi connectivity index (χ0) is 9.19. The first-order chi connectivity index (χ1) is 5.49. The molecule has 0 aromatic carbocycles. The van der Waals surface area contributed by atoms with Crippen molar-refractivity contribution in [3.05, 3.63) is 0 Å². The number of rotatable bonds is 2. The molecule has 0 unspecified atom stereocenters. The molecule has 0 N–H and O–H groups in total. The fraction of sp³-hybridized carbons (Fsp3) is 0.857. The van der Waals surface area contributed by atoms with E-state index in [1.807, 2.05) is 0 Å². The van der Waals surface area contributed by atoms with Crippen LogP contribution in [0.1, 0.15) is 25.7 Å². The van der Waals surface area contributed by atoms with Gasteiger partial charge in [-0.05, 0) is 12.8 Å². The van der Waals surface area contributed by atoms with Crippen molar-refractivity contribution in [3.8, 4) is 0 Å². The molecule has 0 heterocycles. The van der Waals surface area contributed by atoms with Crippen LogP contribution in [0.5, 0.6) is 0 Å². The maximum absolute atomic E-state index is 11.1. The topological polar surface area (TPSA) is 65.3 Å². The van der Waals surface area contributed by atoms with Crippen molar-refractivity contribution in [2.45, 2.75) is 25.7 Å². The third-order valence-corrected chi connectivity index (χ3v) is 2.47. The summed E-state index contributed by atoms with van der Waals surface area (Å²) in [5.41, 5.74) is 0. The summed E-state index contributed by atoms with van der Waals surface area (Å²) >= 11 is 0. The molecule has 0 spiro atoms. The van der Waals surface area contributed by atoms with E-state index in [-0.39, 0.29) is 5.92 Å². The van der Waals surface area contributed by atoms with Gasteiger partial charge in [0.2, 0.25) is 0 Å². The molecule has 1 saturated carbocycles. The van der Waals surface area contributed by atoms with Crippen LogP contribution in [0, 0.1) is 5.92 Å². The first kappa shape index (κ1) is 9.51. The predicted molar refractivity (Wildman–Crippen MR) is 43.9 cm³/mol. The van der Waals surface area contributed by atoms with E-state index in [1.54, 1.807) is 0 Å². The summed E-state index contributed by atoms with van der Waals surface area (Å²) in [4.78, 5) is 11.1. The first-order valence-electron chi connectivity index (χ1n) is 3.96. The summed E-state index contributed by atoms with van der Waals surface area (Å²) in [6.07, 6.45) is 4.54. The Hall–Kier alpha value is -0.580. The zero-order valence-electron chi connectivity index (χ0n) is 6.99. The van der Waals surface area contributed by atoms with Crippen LogP contribution in [0.25, 0.3) is 0 Å². The van der Waals surface area contributed by atoms with Crippen LogP contribution >= 0.6 is 0 Å². The van der Waals surface area contributed by atoms with Crippen molar-refractivity contribution in [3.63, 3.8) is 0 Å². The maximum Gasteiger partial charge on any atom is 0.259 e. The maximum atomic E-state index is 11.1. The molecule has 1 fully saturated rings. The third kappa shape index (κ3) is 2.81. The molecular weight excluding hydrogens is 178 g/mol. The average Bonchev–Trinajstić information content (AvgIpc) is 2.32. The predicted octanol–water partition coefficient (Wildman–Crippen LogP) is 0.267. The Balaban J connectivity index is 2.48. The molecule has 0 aromatic rings. The van der Waals surface area contributed by atoms with E-state index in [0.29, 0.717) is 0 Å². The number of amides is 1. The zero-order valence-corrected chi connectivity index (χ0v) is 7.80. The average molecular weight is 190 g/mol. The first-order valence-corrected chi connectivity index (χ1v) is 5.81. The number of carbonyl (C=O) groups is 1. The van der Waals surface area contributed by atoms with Gasteiger partial charge in [-0.3, -0.25) is 4.79 Å². The van der Waals surface area contributed by atoms with Gasteiger partial charge in [0.05, 0.1) is 6.26 Å². The Morgan fingerprint density at radius 1 is 1.33 bits per heavy atom. The molecule has 1 amide bonds. The van der Waals surface area contributed by atoms with Crippen molar-refractivity contribution in [1.82, 2.24) is 4.72 Å². The highest BCUT2D eigenvalue weighted by Gasteiger charge is 2.25. The quantitative estimate of drug-likeness (QED) is 0.627. The third-order valence-electron chi connectivity index (χ3n) is 1.96. The molecule has 0 aromatic heterocycles. The lowest BCUT2D eigenvalue weighted by Gasteiger charge is -2.04. The molecular formula is C7H12NO3S. The Kier molecular flexibility index (Phi) is 2.72. The molecule has 0 saturated heterocycles. The smallest absolute Gasteiger partial charge is 0.259 e. The van der Waals surface area contributed by atoms with Crippen LogP contribution in [-0.2, 0) is 14.8 Å². The van der Waals surface area contributed by atoms with Gasteiger partial charge in [-0.1, -0.05) is 12.8 Å². The minimum Gasteiger partial charge on any atom is -0.272 e. The molecule has 4 nitrogen and oxygen atoms in total. The minimum atomic E-state index is -3.49. The van der Waals surface area contributed by atoms with Gasteiger partial charge in [0.1, 0.15) is 0 Å². The Morgan fingerprint density at radius 2 is 1.83 bits per heavy atom. The summed E-state index contributed by atoms with van der Waals surface area (Å²) in [6.45, 7) is 0. The fourth-order valence-electron chi connectivity index (χ4n) is 1.41. The molecule has 1 rings (SSSR count). The van der Waals surface area contributed by atoms with Crippen LogP contribution < -0.4 is 4.72 Å². The van der Waals surface area contributed by atoms with E-state index in [2.05, 4.69) is 4.72 Å². The largest absolute Gasteiger partial charge is 0.272 e. The molecule has 0 aliphatic heterocycles. The highest BCUT2D eigenvalue weighted by atomic mass is 32.2. The standard InChI is InChI=1S/C7H12NO3S/c1-12(10,11)8-7(9)6-4-2-3-5-6/h6H,2-5H2,1H3. The van der Waals surface area contributed by atoms with Gasteiger partial charge in [0.15, 0.2) is 0 Å². The lowest BCUT2D eigenvalue weighted by molar-refractivity contribution is -0.123. The minimum absolute atomic E-state index is 0.139. The highest BCUT2D eigenvalue weighted by molar-refractivity contribution is 7.89. The van der Waals surface area contributed by atoms with Gasteiger partial charge in [-0.25, -0.2) is 8.42 Å².